The van der Waals surface area contributed by atoms with Gasteiger partial charge in [0.1, 0.15) is 0 Å². The van der Waals surface area contributed by atoms with E-state index in [4.69, 9.17) is 0 Å². The van der Waals surface area contributed by atoms with Crippen LogP contribution in [-0.2, 0) is 4.79 Å². The molecule has 1 aliphatic heterocycles. The molecule has 25 heavy (non-hydrogen) atoms. The molecule has 0 unspecified atom stereocenters. The van der Waals surface area contributed by atoms with E-state index in [1.54, 1.807) is 0 Å². The average molecular weight is 337 g/mol. The van der Waals surface area contributed by atoms with Crippen LogP contribution in [-0.4, -0.2) is 25.5 Å². The van der Waals surface area contributed by atoms with E-state index in [0.29, 0.717) is 0 Å². The largest absolute Gasteiger partial charge is 0.376 e. The Balaban J connectivity index is 1.50. The topological polar surface area (TPSA) is 44.4 Å². The maximum atomic E-state index is 12.1. The maximum absolute atomic E-state index is 12.1. The molecule has 2 N–H and O–H groups in total. The van der Waals surface area contributed by atoms with Gasteiger partial charge in [0.25, 0.3) is 0 Å². The summed E-state index contributed by atoms with van der Waals surface area (Å²) in [5.41, 5.74) is 4.21. The second-order valence-corrected chi connectivity index (χ2v) is 6.99. The van der Waals surface area contributed by atoms with Gasteiger partial charge in [0.15, 0.2) is 0 Å². The third kappa shape index (κ3) is 4.99. The van der Waals surface area contributed by atoms with E-state index >= 15 is 0 Å². The van der Waals surface area contributed by atoms with E-state index < -0.39 is 0 Å². The molecule has 2 aromatic carbocycles. The summed E-state index contributed by atoms with van der Waals surface area (Å²) in [6.45, 7) is 6.85. The van der Waals surface area contributed by atoms with Crippen LogP contribution in [0.3, 0.4) is 0 Å². The highest BCUT2D eigenvalue weighted by Gasteiger charge is 2.15. The minimum atomic E-state index is -0.0407. The van der Waals surface area contributed by atoms with Crippen molar-refractivity contribution in [3.63, 3.8) is 0 Å². The molecular formula is C21H27N3O. The molecule has 1 aliphatic rings. The zero-order valence-electron chi connectivity index (χ0n) is 15.1. The van der Waals surface area contributed by atoms with Crippen molar-refractivity contribution in [3.05, 3.63) is 54.1 Å². The third-order valence-electron chi connectivity index (χ3n) is 4.77. The fourth-order valence-electron chi connectivity index (χ4n) is 3.16. The van der Waals surface area contributed by atoms with E-state index in [0.717, 1.165) is 30.4 Å². The van der Waals surface area contributed by atoms with Crippen molar-refractivity contribution in [2.24, 2.45) is 5.92 Å². The molecular weight excluding hydrogens is 310 g/mol. The van der Waals surface area contributed by atoms with Crippen LogP contribution in [0.1, 0.15) is 25.3 Å². The fraction of sp³-hybridized carbons (Fsp3) is 0.381. The van der Waals surface area contributed by atoms with Crippen LogP contribution in [0, 0.1) is 12.8 Å². The lowest BCUT2D eigenvalue weighted by Crippen LogP contribution is -2.32. The van der Waals surface area contributed by atoms with E-state index in [-0.39, 0.29) is 12.5 Å². The molecule has 0 saturated carbocycles. The summed E-state index contributed by atoms with van der Waals surface area (Å²) in [5.74, 6) is 0.789. The number of amides is 1. The van der Waals surface area contributed by atoms with E-state index in [1.807, 2.05) is 43.3 Å². The second kappa shape index (κ2) is 8.06. The van der Waals surface area contributed by atoms with Gasteiger partial charge in [0, 0.05) is 30.2 Å². The number of carbonyl (C=O) groups is 1. The Morgan fingerprint density at radius 2 is 1.80 bits per heavy atom. The highest BCUT2D eigenvalue weighted by Crippen LogP contribution is 2.24. The van der Waals surface area contributed by atoms with Gasteiger partial charge in [-0.3, -0.25) is 4.79 Å². The number of nitrogens with one attached hydrogen (secondary N) is 2. The summed E-state index contributed by atoms with van der Waals surface area (Å²) >= 11 is 0. The number of benzene rings is 2. The van der Waals surface area contributed by atoms with Crippen LogP contribution >= 0.6 is 0 Å². The zero-order chi connectivity index (χ0) is 17.6. The van der Waals surface area contributed by atoms with Crippen LogP contribution in [0.25, 0.3) is 0 Å². The standard InChI is InChI=1S/C21H27N3O/c1-16-10-12-24(13-11-16)20-8-6-18(7-9-20)23-21(25)15-22-19-5-3-4-17(2)14-19/h3-9,14,16,22H,10-13,15H2,1-2H3,(H,23,25). The minimum Gasteiger partial charge on any atom is -0.376 e. The van der Waals surface area contributed by atoms with Gasteiger partial charge in [0.05, 0.1) is 6.54 Å². The van der Waals surface area contributed by atoms with Gasteiger partial charge in [-0.05, 0) is 67.6 Å². The number of aryl methyl sites for hydroxylation is 1. The molecule has 0 radical (unpaired) electrons. The summed E-state index contributed by atoms with van der Waals surface area (Å²) in [4.78, 5) is 14.5. The van der Waals surface area contributed by atoms with Crippen LogP contribution in [0.15, 0.2) is 48.5 Å². The SMILES string of the molecule is Cc1cccc(NCC(=O)Nc2ccc(N3CCC(C)CC3)cc2)c1. The summed E-state index contributed by atoms with van der Waals surface area (Å²) in [6, 6.07) is 16.2. The first kappa shape index (κ1) is 17.3. The molecule has 3 rings (SSSR count). The summed E-state index contributed by atoms with van der Waals surface area (Å²) in [7, 11) is 0. The third-order valence-corrected chi connectivity index (χ3v) is 4.77. The molecule has 1 amide bonds. The Morgan fingerprint density at radius 1 is 1.08 bits per heavy atom. The Kier molecular flexibility index (Phi) is 5.59. The first-order valence-corrected chi connectivity index (χ1v) is 9.05. The molecule has 132 valence electrons. The normalized spacial score (nSPS) is 15.0. The smallest absolute Gasteiger partial charge is 0.243 e. The molecule has 4 heteroatoms. The lowest BCUT2D eigenvalue weighted by Gasteiger charge is -2.32. The van der Waals surface area contributed by atoms with Gasteiger partial charge in [0.2, 0.25) is 5.91 Å². The molecule has 0 spiro atoms. The highest BCUT2D eigenvalue weighted by atomic mass is 16.1. The summed E-state index contributed by atoms with van der Waals surface area (Å²) in [5, 5.41) is 6.10. The number of anilines is 3. The lowest BCUT2D eigenvalue weighted by atomic mass is 9.99. The summed E-state index contributed by atoms with van der Waals surface area (Å²) in [6.07, 6.45) is 2.51. The molecule has 1 fully saturated rings. The van der Waals surface area contributed by atoms with Crippen molar-refractivity contribution >= 4 is 23.0 Å². The van der Waals surface area contributed by atoms with Crippen molar-refractivity contribution in [2.75, 3.05) is 35.2 Å². The van der Waals surface area contributed by atoms with Gasteiger partial charge in [-0.2, -0.15) is 0 Å². The van der Waals surface area contributed by atoms with Crippen LogP contribution in [0.2, 0.25) is 0 Å². The number of carbonyl (C=O) groups excluding carboxylic acids is 1. The monoisotopic (exact) mass is 337 g/mol. The molecule has 1 heterocycles. The van der Waals surface area contributed by atoms with E-state index in [9.17, 15) is 4.79 Å². The van der Waals surface area contributed by atoms with Crippen LogP contribution in [0.4, 0.5) is 17.1 Å². The van der Waals surface area contributed by atoms with Crippen molar-refractivity contribution in [1.29, 1.82) is 0 Å². The summed E-state index contributed by atoms with van der Waals surface area (Å²) < 4.78 is 0. The minimum absolute atomic E-state index is 0.0407. The predicted octanol–water partition coefficient (Wildman–Crippen LogP) is 4.28. The van der Waals surface area contributed by atoms with Crippen LogP contribution in [0.5, 0.6) is 0 Å². The quantitative estimate of drug-likeness (QED) is 0.856. The van der Waals surface area contributed by atoms with Crippen molar-refractivity contribution in [2.45, 2.75) is 26.7 Å². The maximum Gasteiger partial charge on any atom is 0.243 e. The Bertz CT molecular complexity index is 703. The van der Waals surface area contributed by atoms with Crippen molar-refractivity contribution < 1.29 is 4.79 Å². The highest BCUT2D eigenvalue weighted by molar-refractivity contribution is 5.93. The lowest BCUT2D eigenvalue weighted by molar-refractivity contribution is -0.114. The number of nitrogens with zero attached hydrogens (tertiary/aromatic N) is 1. The fourth-order valence-corrected chi connectivity index (χ4v) is 3.16. The predicted molar refractivity (Wildman–Crippen MR) is 105 cm³/mol. The second-order valence-electron chi connectivity index (χ2n) is 6.99. The number of hydrogen-bond acceptors (Lipinski definition) is 3. The molecule has 2 aromatic rings. The van der Waals surface area contributed by atoms with Crippen molar-refractivity contribution in [1.82, 2.24) is 0 Å². The van der Waals surface area contributed by atoms with Gasteiger partial charge in [-0.15, -0.1) is 0 Å². The average Bonchev–Trinajstić information content (AvgIpc) is 2.62. The van der Waals surface area contributed by atoms with E-state index in [2.05, 4.69) is 34.6 Å². The number of hydrogen-bond donors (Lipinski definition) is 2. The van der Waals surface area contributed by atoms with Gasteiger partial charge in [-0.1, -0.05) is 19.1 Å². The number of piperidine rings is 1. The molecule has 0 aromatic heterocycles. The Labute approximate surface area is 150 Å². The van der Waals surface area contributed by atoms with Gasteiger partial charge >= 0.3 is 0 Å². The molecule has 1 saturated heterocycles. The molecule has 0 bridgehead atoms. The molecule has 0 atom stereocenters. The zero-order valence-corrected chi connectivity index (χ0v) is 15.1. The number of rotatable bonds is 5. The molecule has 0 aliphatic carbocycles. The van der Waals surface area contributed by atoms with Crippen LogP contribution < -0.4 is 15.5 Å². The van der Waals surface area contributed by atoms with E-state index in [1.165, 1.54) is 24.1 Å². The first-order valence-electron chi connectivity index (χ1n) is 9.05. The van der Waals surface area contributed by atoms with Gasteiger partial charge in [-0.25, -0.2) is 0 Å². The Hall–Kier alpha value is -2.49. The molecule has 4 nitrogen and oxygen atoms in total. The van der Waals surface area contributed by atoms with Gasteiger partial charge < -0.3 is 15.5 Å². The van der Waals surface area contributed by atoms with Crippen molar-refractivity contribution in [3.8, 4) is 0 Å². The first-order chi connectivity index (χ1) is 12.1. The Morgan fingerprint density at radius 3 is 2.48 bits per heavy atom.